The number of rotatable bonds is 34. The van der Waals surface area contributed by atoms with Crippen molar-refractivity contribution in [1.29, 1.82) is 0 Å². The molecule has 0 amide bonds. The molecular formula is C41H69O9P. The molecule has 2 atom stereocenters. The van der Waals surface area contributed by atoms with Crippen molar-refractivity contribution in [2.24, 2.45) is 0 Å². The van der Waals surface area contributed by atoms with Gasteiger partial charge in [-0.25, -0.2) is 4.57 Å². The Hall–Kier alpha value is -2.55. The maximum absolute atomic E-state index is 12.4. The van der Waals surface area contributed by atoms with Crippen LogP contribution < -0.4 is 0 Å². The SMILES string of the molecule is CCCCC/C=C\C/C=C\CCCCCCCC(=O)O[C@H](COC(=O)CCC/C=C\C/C=C\C/C=C\C/C=C\CC[C@@H](O)CC)COP(=O)(O)O. The lowest BCUT2D eigenvalue weighted by Crippen LogP contribution is -2.29. The predicted molar refractivity (Wildman–Crippen MR) is 208 cm³/mol. The average Bonchev–Trinajstić information content (AvgIpc) is 3.10. The molecule has 51 heavy (non-hydrogen) atoms. The number of phosphoric acid groups is 1. The Labute approximate surface area is 309 Å². The number of hydrogen-bond donors (Lipinski definition) is 3. The van der Waals surface area contributed by atoms with E-state index in [-0.39, 0.29) is 25.6 Å². The minimum atomic E-state index is -4.78. The lowest BCUT2D eigenvalue weighted by Gasteiger charge is -2.18. The van der Waals surface area contributed by atoms with Crippen LogP contribution in [0.1, 0.15) is 149 Å². The van der Waals surface area contributed by atoms with Crippen molar-refractivity contribution < 1.29 is 43.0 Å². The highest BCUT2D eigenvalue weighted by Crippen LogP contribution is 2.36. The summed E-state index contributed by atoms with van der Waals surface area (Å²) in [4.78, 5) is 42.7. The minimum absolute atomic E-state index is 0.171. The van der Waals surface area contributed by atoms with Crippen molar-refractivity contribution in [3.63, 3.8) is 0 Å². The Kier molecular flexibility index (Phi) is 34.0. The number of phosphoric ester groups is 1. The summed E-state index contributed by atoms with van der Waals surface area (Å²) in [7, 11) is -4.78. The van der Waals surface area contributed by atoms with Gasteiger partial charge in [-0.3, -0.25) is 14.1 Å². The first-order valence-electron chi connectivity index (χ1n) is 19.3. The molecule has 0 aromatic rings. The molecule has 0 aromatic heterocycles. The van der Waals surface area contributed by atoms with E-state index < -0.39 is 32.5 Å². The van der Waals surface area contributed by atoms with Crippen LogP contribution in [0.2, 0.25) is 0 Å². The molecular weight excluding hydrogens is 667 g/mol. The summed E-state index contributed by atoms with van der Waals surface area (Å²) in [6.07, 6.45) is 42.8. The molecule has 0 heterocycles. The zero-order chi connectivity index (χ0) is 37.7. The third kappa shape index (κ3) is 38.5. The lowest BCUT2D eigenvalue weighted by atomic mass is 10.1. The fourth-order valence-electron chi connectivity index (χ4n) is 4.79. The number of unbranched alkanes of at least 4 members (excludes halogenated alkanes) is 9. The van der Waals surface area contributed by atoms with E-state index in [1.165, 1.54) is 19.3 Å². The van der Waals surface area contributed by atoms with Gasteiger partial charge in [0.2, 0.25) is 0 Å². The van der Waals surface area contributed by atoms with E-state index in [4.69, 9.17) is 19.3 Å². The molecule has 292 valence electrons. The van der Waals surface area contributed by atoms with Crippen molar-refractivity contribution in [2.75, 3.05) is 13.2 Å². The number of aliphatic hydroxyl groups excluding tert-OH is 1. The summed E-state index contributed by atoms with van der Waals surface area (Å²) >= 11 is 0. The largest absolute Gasteiger partial charge is 0.469 e. The van der Waals surface area contributed by atoms with E-state index in [0.29, 0.717) is 19.3 Å². The van der Waals surface area contributed by atoms with E-state index in [9.17, 15) is 19.3 Å². The minimum Gasteiger partial charge on any atom is -0.462 e. The van der Waals surface area contributed by atoms with Crippen molar-refractivity contribution in [3.8, 4) is 0 Å². The van der Waals surface area contributed by atoms with Gasteiger partial charge in [0.15, 0.2) is 6.10 Å². The fraction of sp³-hybridized carbons (Fsp3) is 0.659. The summed E-state index contributed by atoms with van der Waals surface area (Å²) in [6.45, 7) is 3.30. The molecule has 0 bridgehead atoms. The molecule has 0 spiro atoms. The van der Waals surface area contributed by atoms with Crippen molar-refractivity contribution >= 4 is 19.8 Å². The van der Waals surface area contributed by atoms with Crippen molar-refractivity contribution in [2.45, 2.75) is 161 Å². The maximum atomic E-state index is 12.4. The monoisotopic (exact) mass is 736 g/mol. The summed E-state index contributed by atoms with van der Waals surface area (Å²) in [5.41, 5.74) is 0. The standard InChI is InChI=1S/C41H69O9P/c1-3-5-6-7-8-9-10-11-12-17-20-23-26-29-32-35-41(44)50-39(37-49-51(45,46)47)36-48-40(43)34-31-28-25-22-19-16-14-13-15-18-21-24-27-30-33-38(42)4-2/h8-9,11-12,14-16,18,22,24-25,27,38-39,42H,3-7,10,13,17,19-21,23,26,28-37H2,1-2H3,(H2,45,46,47)/b9-8-,12-11-,16-14-,18-15-,25-22-,27-24-/t38-,39+/m0/s1. The molecule has 3 N–H and O–H groups in total. The highest BCUT2D eigenvalue weighted by atomic mass is 31.2. The molecule has 0 unspecified atom stereocenters. The van der Waals surface area contributed by atoms with Crippen LogP contribution in [0.4, 0.5) is 0 Å². The van der Waals surface area contributed by atoms with Gasteiger partial charge in [0, 0.05) is 12.8 Å². The summed E-state index contributed by atoms with van der Waals surface area (Å²) in [6, 6.07) is 0. The lowest BCUT2D eigenvalue weighted by molar-refractivity contribution is -0.161. The molecule has 0 aromatic carbocycles. The predicted octanol–water partition coefficient (Wildman–Crippen LogP) is 10.5. The number of hydrogen-bond acceptors (Lipinski definition) is 7. The Morgan fingerprint density at radius 1 is 0.588 bits per heavy atom. The van der Waals surface area contributed by atoms with Gasteiger partial charge in [-0.2, -0.15) is 0 Å². The number of esters is 2. The van der Waals surface area contributed by atoms with Crippen LogP contribution in [0.3, 0.4) is 0 Å². The number of carbonyl (C=O) groups is 2. The van der Waals surface area contributed by atoms with Gasteiger partial charge < -0.3 is 24.4 Å². The Bertz CT molecular complexity index is 1070. The van der Waals surface area contributed by atoms with E-state index in [0.717, 1.165) is 83.5 Å². The van der Waals surface area contributed by atoms with Gasteiger partial charge in [-0.1, -0.05) is 119 Å². The van der Waals surface area contributed by atoms with Gasteiger partial charge in [-0.05, 0) is 89.9 Å². The topological polar surface area (TPSA) is 140 Å². The highest BCUT2D eigenvalue weighted by Gasteiger charge is 2.22. The second-order valence-corrected chi connectivity index (χ2v) is 13.9. The van der Waals surface area contributed by atoms with E-state index in [2.05, 4.69) is 72.2 Å². The molecule has 0 aliphatic rings. The summed E-state index contributed by atoms with van der Waals surface area (Å²) in [5, 5.41) is 9.53. The van der Waals surface area contributed by atoms with Crippen LogP contribution in [0, 0.1) is 0 Å². The van der Waals surface area contributed by atoms with Crippen LogP contribution in [-0.4, -0.2) is 52.3 Å². The maximum Gasteiger partial charge on any atom is 0.469 e. The van der Waals surface area contributed by atoms with Crippen LogP contribution >= 0.6 is 7.82 Å². The van der Waals surface area contributed by atoms with Crippen LogP contribution in [0.5, 0.6) is 0 Å². The first-order chi connectivity index (χ1) is 24.7. The smallest absolute Gasteiger partial charge is 0.462 e. The van der Waals surface area contributed by atoms with Gasteiger partial charge in [0.05, 0.1) is 12.7 Å². The average molecular weight is 737 g/mol. The first kappa shape index (κ1) is 48.5. The Morgan fingerprint density at radius 3 is 1.61 bits per heavy atom. The second-order valence-electron chi connectivity index (χ2n) is 12.7. The molecule has 9 nitrogen and oxygen atoms in total. The number of aliphatic hydroxyl groups is 1. The molecule has 0 saturated heterocycles. The molecule has 10 heteroatoms. The molecule has 0 fully saturated rings. The van der Waals surface area contributed by atoms with Crippen LogP contribution in [0.25, 0.3) is 0 Å². The van der Waals surface area contributed by atoms with E-state index in [1.54, 1.807) is 0 Å². The number of allylic oxidation sites excluding steroid dienone is 12. The van der Waals surface area contributed by atoms with Crippen LogP contribution in [-0.2, 0) is 28.2 Å². The van der Waals surface area contributed by atoms with Crippen molar-refractivity contribution in [1.82, 2.24) is 0 Å². The quantitative estimate of drug-likeness (QED) is 0.0255. The van der Waals surface area contributed by atoms with Gasteiger partial charge >= 0.3 is 19.8 Å². The molecule has 0 radical (unpaired) electrons. The molecule has 0 aliphatic carbocycles. The van der Waals surface area contributed by atoms with Crippen LogP contribution in [0.15, 0.2) is 72.9 Å². The van der Waals surface area contributed by atoms with Crippen molar-refractivity contribution in [3.05, 3.63) is 72.9 Å². The number of ether oxygens (including phenoxy) is 2. The third-order valence-corrected chi connectivity index (χ3v) is 8.35. The van der Waals surface area contributed by atoms with E-state index >= 15 is 0 Å². The second kappa shape index (κ2) is 35.8. The summed E-state index contributed by atoms with van der Waals surface area (Å²) in [5.74, 6) is -0.992. The Balaban J connectivity index is 4.11. The first-order valence-corrected chi connectivity index (χ1v) is 20.8. The highest BCUT2D eigenvalue weighted by molar-refractivity contribution is 7.46. The molecule has 0 saturated carbocycles. The van der Waals surface area contributed by atoms with Gasteiger partial charge in [0.1, 0.15) is 6.61 Å². The zero-order valence-electron chi connectivity index (χ0n) is 31.6. The normalized spacial score (nSPS) is 13.9. The molecule has 0 rings (SSSR count). The number of carbonyl (C=O) groups excluding carboxylic acids is 2. The zero-order valence-corrected chi connectivity index (χ0v) is 32.5. The Morgan fingerprint density at radius 2 is 1.06 bits per heavy atom. The van der Waals surface area contributed by atoms with Gasteiger partial charge in [0.25, 0.3) is 0 Å². The van der Waals surface area contributed by atoms with E-state index in [1.807, 2.05) is 19.1 Å². The molecule has 0 aliphatic heterocycles. The third-order valence-electron chi connectivity index (χ3n) is 7.86. The summed E-state index contributed by atoms with van der Waals surface area (Å²) < 4.78 is 26.2. The van der Waals surface area contributed by atoms with Gasteiger partial charge in [-0.15, -0.1) is 0 Å². The fourth-order valence-corrected chi connectivity index (χ4v) is 5.15.